The Labute approximate surface area is 156 Å². The lowest BCUT2D eigenvalue weighted by Gasteiger charge is -2.29. The fourth-order valence-electron chi connectivity index (χ4n) is 3.21. The molecule has 0 saturated carbocycles. The minimum absolute atomic E-state index is 0.132. The van der Waals surface area contributed by atoms with Gasteiger partial charge in [-0.25, -0.2) is 0 Å². The quantitative estimate of drug-likeness (QED) is 0.817. The van der Waals surface area contributed by atoms with Crippen LogP contribution in [0.2, 0.25) is 0 Å². The first-order valence-corrected chi connectivity index (χ1v) is 8.86. The fraction of sp³-hybridized carbons (Fsp3) is 0.368. The summed E-state index contributed by atoms with van der Waals surface area (Å²) in [6.45, 7) is 2.59. The lowest BCUT2D eigenvalue weighted by atomic mass is 9.98. The first-order valence-electron chi connectivity index (χ1n) is 8.07. The predicted octanol–water partition coefficient (Wildman–Crippen LogP) is 3.74. The second-order valence-corrected chi connectivity index (χ2v) is 6.92. The van der Waals surface area contributed by atoms with Crippen molar-refractivity contribution in [1.29, 1.82) is 0 Å². The van der Waals surface area contributed by atoms with Gasteiger partial charge in [-0.15, -0.1) is 0 Å². The van der Waals surface area contributed by atoms with E-state index in [1.165, 1.54) is 11.1 Å². The molecule has 1 aliphatic rings. The topological polar surface area (TPSA) is 51.2 Å². The van der Waals surface area contributed by atoms with Crippen LogP contribution in [-0.4, -0.2) is 37.9 Å². The highest BCUT2D eigenvalue weighted by atomic mass is 79.9. The SMILES string of the molecule is COc1cc2c(cc1OC)CN(Cc1cc(Br)c(O)c(OC)c1)CC2. The van der Waals surface area contributed by atoms with Crippen molar-refractivity contribution in [3.63, 3.8) is 0 Å². The van der Waals surface area contributed by atoms with Crippen LogP contribution in [0.4, 0.5) is 0 Å². The van der Waals surface area contributed by atoms with E-state index in [2.05, 4.69) is 33.0 Å². The summed E-state index contributed by atoms with van der Waals surface area (Å²) in [5, 5.41) is 9.95. The second kappa shape index (κ2) is 7.54. The molecule has 2 aromatic carbocycles. The van der Waals surface area contributed by atoms with Crippen molar-refractivity contribution in [1.82, 2.24) is 4.90 Å². The molecule has 1 heterocycles. The fourth-order valence-corrected chi connectivity index (χ4v) is 3.70. The summed E-state index contributed by atoms with van der Waals surface area (Å²) in [7, 11) is 4.88. The van der Waals surface area contributed by atoms with Crippen molar-refractivity contribution in [2.24, 2.45) is 0 Å². The Kier molecular flexibility index (Phi) is 5.39. The van der Waals surface area contributed by atoms with E-state index in [9.17, 15) is 5.11 Å². The number of phenols is 1. The van der Waals surface area contributed by atoms with E-state index >= 15 is 0 Å². The van der Waals surface area contributed by atoms with Gasteiger partial charge < -0.3 is 19.3 Å². The van der Waals surface area contributed by atoms with E-state index < -0.39 is 0 Å². The standard InChI is InChI=1S/C19H22BrNO4/c1-23-16-8-13-4-5-21(11-14(13)9-17(16)24-2)10-12-6-15(20)19(22)18(7-12)25-3/h6-9,22H,4-5,10-11H2,1-3H3. The lowest BCUT2D eigenvalue weighted by Crippen LogP contribution is -2.30. The molecule has 3 rings (SSSR count). The summed E-state index contributed by atoms with van der Waals surface area (Å²) < 4.78 is 16.7. The maximum absolute atomic E-state index is 9.95. The molecule has 0 amide bonds. The molecule has 0 atom stereocenters. The van der Waals surface area contributed by atoms with Crippen molar-refractivity contribution in [2.75, 3.05) is 27.9 Å². The molecular formula is C19H22BrNO4. The minimum atomic E-state index is 0.132. The summed E-state index contributed by atoms with van der Waals surface area (Å²) in [5.74, 6) is 2.15. The van der Waals surface area contributed by atoms with Gasteiger partial charge in [-0.05, 0) is 63.3 Å². The van der Waals surface area contributed by atoms with Crippen molar-refractivity contribution in [2.45, 2.75) is 19.5 Å². The molecular weight excluding hydrogens is 386 g/mol. The van der Waals surface area contributed by atoms with Crippen molar-refractivity contribution >= 4 is 15.9 Å². The maximum atomic E-state index is 9.95. The molecule has 1 aliphatic heterocycles. The lowest BCUT2D eigenvalue weighted by molar-refractivity contribution is 0.243. The third kappa shape index (κ3) is 3.70. The van der Waals surface area contributed by atoms with Gasteiger partial charge in [-0.3, -0.25) is 4.90 Å². The molecule has 0 saturated heterocycles. The molecule has 0 aromatic heterocycles. The largest absolute Gasteiger partial charge is 0.503 e. The third-order valence-electron chi connectivity index (χ3n) is 4.51. The number of aromatic hydroxyl groups is 1. The highest BCUT2D eigenvalue weighted by Gasteiger charge is 2.20. The number of benzene rings is 2. The molecule has 0 aliphatic carbocycles. The van der Waals surface area contributed by atoms with Gasteiger partial charge in [0.15, 0.2) is 23.0 Å². The average Bonchev–Trinajstić information content (AvgIpc) is 2.63. The van der Waals surface area contributed by atoms with Crippen molar-refractivity contribution in [3.05, 3.63) is 45.4 Å². The van der Waals surface area contributed by atoms with E-state index in [0.29, 0.717) is 10.2 Å². The Morgan fingerprint density at radius 3 is 2.24 bits per heavy atom. The Balaban J connectivity index is 1.80. The Hall–Kier alpha value is -1.92. The number of hydrogen-bond donors (Lipinski definition) is 1. The van der Waals surface area contributed by atoms with E-state index in [1.807, 2.05) is 12.1 Å². The summed E-state index contributed by atoms with van der Waals surface area (Å²) >= 11 is 3.38. The smallest absolute Gasteiger partial charge is 0.172 e. The van der Waals surface area contributed by atoms with Crippen LogP contribution >= 0.6 is 15.9 Å². The highest BCUT2D eigenvalue weighted by Crippen LogP contribution is 2.37. The minimum Gasteiger partial charge on any atom is -0.503 e. The summed E-state index contributed by atoms with van der Waals surface area (Å²) in [5.41, 5.74) is 3.65. The van der Waals surface area contributed by atoms with Crippen LogP contribution in [0.3, 0.4) is 0 Å². The van der Waals surface area contributed by atoms with E-state index in [-0.39, 0.29) is 5.75 Å². The van der Waals surface area contributed by atoms with Crippen LogP contribution in [0.1, 0.15) is 16.7 Å². The number of ether oxygens (including phenoxy) is 3. The van der Waals surface area contributed by atoms with Crippen LogP contribution in [0.25, 0.3) is 0 Å². The Morgan fingerprint density at radius 2 is 1.60 bits per heavy atom. The highest BCUT2D eigenvalue weighted by molar-refractivity contribution is 9.10. The average molecular weight is 408 g/mol. The molecule has 2 aromatic rings. The molecule has 0 bridgehead atoms. The second-order valence-electron chi connectivity index (χ2n) is 6.07. The van der Waals surface area contributed by atoms with Gasteiger partial charge in [0.1, 0.15) is 0 Å². The van der Waals surface area contributed by atoms with E-state index in [1.54, 1.807) is 21.3 Å². The monoisotopic (exact) mass is 407 g/mol. The third-order valence-corrected chi connectivity index (χ3v) is 5.12. The molecule has 5 nitrogen and oxygen atoms in total. The van der Waals surface area contributed by atoms with Crippen molar-refractivity contribution < 1.29 is 19.3 Å². The van der Waals surface area contributed by atoms with Gasteiger partial charge in [0.05, 0.1) is 25.8 Å². The van der Waals surface area contributed by atoms with Gasteiger partial charge in [-0.2, -0.15) is 0 Å². The Morgan fingerprint density at radius 1 is 0.960 bits per heavy atom. The predicted molar refractivity (Wildman–Crippen MR) is 99.7 cm³/mol. The molecule has 0 unspecified atom stereocenters. The molecule has 0 fully saturated rings. The molecule has 1 N–H and O–H groups in total. The zero-order valence-corrected chi connectivity index (χ0v) is 16.2. The van der Waals surface area contributed by atoms with Crippen LogP contribution in [0.15, 0.2) is 28.7 Å². The Bertz CT molecular complexity index is 779. The van der Waals surface area contributed by atoms with E-state index in [4.69, 9.17) is 14.2 Å². The normalized spacial score (nSPS) is 14.1. The number of halogens is 1. The molecule has 25 heavy (non-hydrogen) atoms. The van der Waals surface area contributed by atoms with Gasteiger partial charge in [0.2, 0.25) is 0 Å². The first-order chi connectivity index (χ1) is 12.0. The van der Waals surface area contributed by atoms with Gasteiger partial charge in [-0.1, -0.05) is 0 Å². The van der Waals surface area contributed by atoms with Crippen LogP contribution < -0.4 is 14.2 Å². The zero-order valence-electron chi connectivity index (χ0n) is 14.6. The number of rotatable bonds is 5. The summed E-state index contributed by atoms with van der Waals surface area (Å²) in [4.78, 5) is 2.37. The van der Waals surface area contributed by atoms with E-state index in [0.717, 1.165) is 43.1 Å². The number of phenolic OH excluding ortho intramolecular Hbond substituents is 1. The summed E-state index contributed by atoms with van der Waals surface area (Å²) in [6, 6.07) is 7.95. The molecule has 134 valence electrons. The van der Waals surface area contributed by atoms with Crippen LogP contribution in [0, 0.1) is 0 Å². The molecule has 6 heteroatoms. The number of hydrogen-bond acceptors (Lipinski definition) is 5. The zero-order chi connectivity index (χ0) is 18.0. The number of methoxy groups -OCH3 is 3. The van der Waals surface area contributed by atoms with Gasteiger partial charge in [0, 0.05) is 19.6 Å². The van der Waals surface area contributed by atoms with Gasteiger partial charge in [0.25, 0.3) is 0 Å². The number of nitrogens with zero attached hydrogens (tertiary/aromatic N) is 1. The van der Waals surface area contributed by atoms with Gasteiger partial charge >= 0.3 is 0 Å². The van der Waals surface area contributed by atoms with Crippen LogP contribution in [-0.2, 0) is 19.5 Å². The molecule has 0 radical (unpaired) electrons. The number of fused-ring (bicyclic) bond motifs is 1. The van der Waals surface area contributed by atoms with Crippen molar-refractivity contribution in [3.8, 4) is 23.0 Å². The molecule has 0 spiro atoms. The maximum Gasteiger partial charge on any atom is 0.172 e. The van der Waals surface area contributed by atoms with Crippen LogP contribution in [0.5, 0.6) is 23.0 Å². The first kappa shape index (κ1) is 17.9. The summed E-state index contributed by atoms with van der Waals surface area (Å²) in [6.07, 6.45) is 0.964.